The number of benzene rings is 3. The number of hydrogen-bond acceptors (Lipinski definition) is 4. The molecule has 0 bridgehead atoms. The highest BCUT2D eigenvalue weighted by Gasteiger charge is 2.12. The fraction of sp³-hybridized carbons (Fsp3) is 0.208. The molecule has 0 aliphatic carbocycles. The van der Waals surface area contributed by atoms with Crippen LogP contribution in [-0.2, 0) is 24.2 Å². The third-order valence-corrected chi connectivity index (χ3v) is 4.87. The lowest BCUT2D eigenvalue weighted by Crippen LogP contribution is -2.04. The minimum Gasteiger partial charge on any atom is -0.496 e. The fourth-order valence-corrected chi connectivity index (χ4v) is 3.28. The minimum absolute atomic E-state index is 0.388. The van der Waals surface area contributed by atoms with E-state index in [1.807, 2.05) is 54.6 Å². The number of rotatable bonds is 8. The van der Waals surface area contributed by atoms with Crippen LogP contribution in [0.1, 0.15) is 27.0 Å². The highest BCUT2D eigenvalue weighted by molar-refractivity contribution is 6.30. The lowest BCUT2D eigenvalue weighted by Gasteiger charge is -2.14. The molecular weight excluding hydrogens is 388 g/mol. The molecule has 0 aromatic heterocycles. The van der Waals surface area contributed by atoms with Gasteiger partial charge in [0, 0.05) is 5.02 Å². The van der Waals surface area contributed by atoms with Crippen molar-refractivity contribution in [2.75, 3.05) is 14.2 Å². The molecule has 0 amide bonds. The molecule has 0 radical (unpaired) electrons. The molecule has 150 valence electrons. The SMILES string of the molecule is COC(=O)c1ccc(CCc2cc(Cl)ccc2OCc2ccccc2)c(OC)c1. The second-order valence-corrected chi connectivity index (χ2v) is 6.98. The second kappa shape index (κ2) is 9.99. The predicted molar refractivity (Wildman–Crippen MR) is 114 cm³/mol. The molecule has 0 aliphatic heterocycles. The maximum absolute atomic E-state index is 11.7. The van der Waals surface area contributed by atoms with Gasteiger partial charge in [-0.05, 0) is 59.9 Å². The van der Waals surface area contributed by atoms with Gasteiger partial charge in [-0.1, -0.05) is 48.0 Å². The monoisotopic (exact) mass is 410 g/mol. The largest absolute Gasteiger partial charge is 0.496 e. The summed E-state index contributed by atoms with van der Waals surface area (Å²) in [7, 11) is 2.95. The molecular formula is C24H23ClO4. The van der Waals surface area contributed by atoms with Crippen LogP contribution in [0.2, 0.25) is 5.02 Å². The van der Waals surface area contributed by atoms with Crippen LogP contribution >= 0.6 is 11.6 Å². The van der Waals surface area contributed by atoms with Crippen molar-refractivity contribution in [2.45, 2.75) is 19.4 Å². The molecule has 3 rings (SSSR count). The van der Waals surface area contributed by atoms with Crippen LogP contribution in [-0.4, -0.2) is 20.2 Å². The zero-order valence-electron chi connectivity index (χ0n) is 16.5. The molecule has 0 heterocycles. The molecule has 0 spiro atoms. The summed E-state index contributed by atoms with van der Waals surface area (Å²) < 4.78 is 16.3. The van der Waals surface area contributed by atoms with E-state index in [-0.39, 0.29) is 5.97 Å². The van der Waals surface area contributed by atoms with Gasteiger partial charge in [0.15, 0.2) is 0 Å². The van der Waals surface area contributed by atoms with Crippen LogP contribution in [0.3, 0.4) is 0 Å². The Morgan fingerprint density at radius 2 is 1.62 bits per heavy atom. The van der Waals surface area contributed by atoms with Gasteiger partial charge in [0.05, 0.1) is 19.8 Å². The standard InChI is InChI=1S/C24H23ClO4/c1-27-23-15-20(24(26)28-2)11-9-18(23)8-10-19-14-21(25)12-13-22(19)29-16-17-6-4-3-5-7-17/h3-7,9,11-15H,8,10,16H2,1-2H3. The van der Waals surface area contributed by atoms with Crippen molar-refractivity contribution >= 4 is 17.6 Å². The first-order chi connectivity index (χ1) is 14.1. The third kappa shape index (κ3) is 5.52. The molecule has 0 N–H and O–H groups in total. The number of halogens is 1. The van der Waals surface area contributed by atoms with Gasteiger partial charge >= 0.3 is 5.97 Å². The van der Waals surface area contributed by atoms with E-state index in [0.717, 1.165) is 28.9 Å². The Hall–Kier alpha value is -2.98. The Bertz CT molecular complexity index is 970. The maximum Gasteiger partial charge on any atom is 0.337 e. The van der Waals surface area contributed by atoms with Crippen LogP contribution in [0.4, 0.5) is 0 Å². The summed E-state index contributed by atoms with van der Waals surface area (Å²) in [5, 5.41) is 0.667. The third-order valence-electron chi connectivity index (χ3n) is 4.63. The quantitative estimate of drug-likeness (QED) is 0.460. The summed E-state index contributed by atoms with van der Waals surface area (Å²) in [5.41, 5.74) is 3.58. The zero-order valence-corrected chi connectivity index (χ0v) is 17.2. The first-order valence-corrected chi connectivity index (χ1v) is 9.69. The van der Waals surface area contributed by atoms with E-state index in [9.17, 15) is 4.79 Å². The van der Waals surface area contributed by atoms with Crippen molar-refractivity contribution in [1.82, 2.24) is 0 Å². The van der Waals surface area contributed by atoms with Crippen molar-refractivity contribution < 1.29 is 19.0 Å². The molecule has 3 aromatic rings. The Morgan fingerprint density at radius 3 is 2.34 bits per heavy atom. The van der Waals surface area contributed by atoms with Gasteiger partial charge in [-0.25, -0.2) is 4.79 Å². The first kappa shape index (κ1) is 20.7. The lowest BCUT2D eigenvalue weighted by molar-refractivity contribution is 0.0600. The molecule has 0 aliphatic rings. The van der Waals surface area contributed by atoms with Crippen LogP contribution in [0.25, 0.3) is 0 Å². The smallest absolute Gasteiger partial charge is 0.337 e. The molecule has 0 fully saturated rings. The summed E-state index contributed by atoms with van der Waals surface area (Å²) in [6.07, 6.45) is 1.44. The second-order valence-electron chi connectivity index (χ2n) is 6.54. The van der Waals surface area contributed by atoms with Gasteiger partial charge < -0.3 is 14.2 Å². The molecule has 0 atom stereocenters. The van der Waals surface area contributed by atoms with Gasteiger partial charge in [-0.3, -0.25) is 0 Å². The van der Waals surface area contributed by atoms with E-state index in [4.69, 9.17) is 25.8 Å². The topological polar surface area (TPSA) is 44.8 Å². The molecule has 0 saturated carbocycles. The molecule has 29 heavy (non-hydrogen) atoms. The molecule has 0 saturated heterocycles. The average molecular weight is 411 g/mol. The number of carbonyl (C=O) groups excluding carboxylic acids is 1. The van der Waals surface area contributed by atoms with Gasteiger partial charge in [0.25, 0.3) is 0 Å². The van der Waals surface area contributed by atoms with Crippen molar-refractivity contribution in [3.8, 4) is 11.5 Å². The maximum atomic E-state index is 11.7. The van der Waals surface area contributed by atoms with Crippen LogP contribution in [0, 0.1) is 0 Å². The van der Waals surface area contributed by atoms with Gasteiger partial charge in [0.2, 0.25) is 0 Å². The first-order valence-electron chi connectivity index (χ1n) is 9.31. The van der Waals surface area contributed by atoms with E-state index in [2.05, 4.69) is 0 Å². The van der Waals surface area contributed by atoms with E-state index in [1.54, 1.807) is 19.2 Å². The van der Waals surface area contributed by atoms with Gasteiger partial charge in [-0.2, -0.15) is 0 Å². The van der Waals surface area contributed by atoms with E-state index < -0.39 is 0 Å². The number of carbonyl (C=O) groups is 1. The minimum atomic E-state index is -0.388. The normalized spacial score (nSPS) is 10.4. The summed E-state index contributed by atoms with van der Waals surface area (Å²) in [4.78, 5) is 11.7. The summed E-state index contributed by atoms with van der Waals surface area (Å²) >= 11 is 6.21. The van der Waals surface area contributed by atoms with E-state index in [1.165, 1.54) is 7.11 Å². The van der Waals surface area contributed by atoms with Crippen molar-refractivity contribution in [1.29, 1.82) is 0 Å². The summed E-state index contributed by atoms with van der Waals surface area (Å²) in [6.45, 7) is 0.493. The number of ether oxygens (including phenoxy) is 3. The fourth-order valence-electron chi connectivity index (χ4n) is 3.08. The lowest BCUT2D eigenvalue weighted by atomic mass is 10.0. The Balaban J connectivity index is 1.74. The van der Waals surface area contributed by atoms with Crippen molar-refractivity contribution in [3.63, 3.8) is 0 Å². The molecule has 3 aromatic carbocycles. The summed E-state index contributed by atoms with van der Waals surface area (Å²) in [6, 6.07) is 21.0. The predicted octanol–water partition coefficient (Wildman–Crippen LogP) is 5.50. The van der Waals surface area contributed by atoms with Crippen molar-refractivity contribution in [2.24, 2.45) is 0 Å². The molecule has 5 heteroatoms. The zero-order chi connectivity index (χ0) is 20.6. The Kier molecular flexibility index (Phi) is 7.14. The molecule has 4 nitrogen and oxygen atoms in total. The van der Waals surface area contributed by atoms with Crippen molar-refractivity contribution in [3.05, 3.63) is 94.0 Å². The number of methoxy groups -OCH3 is 2. The number of esters is 1. The van der Waals surface area contributed by atoms with Crippen LogP contribution in [0.5, 0.6) is 11.5 Å². The van der Waals surface area contributed by atoms with Crippen LogP contribution in [0.15, 0.2) is 66.7 Å². The van der Waals surface area contributed by atoms with Crippen LogP contribution < -0.4 is 9.47 Å². The Morgan fingerprint density at radius 1 is 0.862 bits per heavy atom. The highest BCUT2D eigenvalue weighted by Crippen LogP contribution is 2.28. The van der Waals surface area contributed by atoms with Gasteiger partial charge in [0.1, 0.15) is 18.1 Å². The van der Waals surface area contributed by atoms with E-state index >= 15 is 0 Å². The Labute approximate surface area is 176 Å². The summed E-state index contributed by atoms with van der Waals surface area (Å²) in [5.74, 6) is 1.08. The molecule has 0 unspecified atom stereocenters. The van der Waals surface area contributed by atoms with Gasteiger partial charge in [-0.15, -0.1) is 0 Å². The average Bonchev–Trinajstić information content (AvgIpc) is 2.77. The number of hydrogen-bond donors (Lipinski definition) is 0. The highest BCUT2D eigenvalue weighted by atomic mass is 35.5. The number of aryl methyl sites for hydroxylation is 2. The van der Waals surface area contributed by atoms with E-state index in [0.29, 0.717) is 29.4 Å².